The molecule has 0 radical (unpaired) electrons. The third-order valence-electron chi connectivity index (χ3n) is 7.27. The van der Waals surface area contributed by atoms with Crippen molar-refractivity contribution in [2.75, 3.05) is 23.9 Å². The van der Waals surface area contributed by atoms with E-state index in [1.807, 2.05) is 30.3 Å². The highest BCUT2D eigenvalue weighted by Crippen LogP contribution is 2.45. The van der Waals surface area contributed by atoms with Crippen LogP contribution in [-0.4, -0.2) is 34.3 Å². The lowest BCUT2D eigenvalue weighted by Gasteiger charge is -2.28. The number of carbonyl (C=O) groups is 1. The van der Waals surface area contributed by atoms with E-state index < -0.39 is 0 Å². The Morgan fingerprint density at radius 2 is 1.90 bits per heavy atom. The number of carbonyl (C=O) groups excluding carboxylic acids is 1. The van der Waals surface area contributed by atoms with Gasteiger partial charge in [0.15, 0.2) is 5.11 Å². The van der Waals surface area contributed by atoms with Crippen molar-refractivity contribution in [1.29, 1.82) is 0 Å². The predicted molar refractivity (Wildman–Crippen MR) is 165 cm³/mol. The molecule has 206 valence electrons. The van der Waals surface area contributed by atoms with Gasteiger partial charge in [-0.2, -0.15) is 0 Å². The zero-order valence-corrected chi connectivity index (χ0v) is 24.7. The molecule has 0 bridgehead atoms. The first-order chi connectivity index (χ1) is 19.2. The maximum absolute atomic E-state index is 12.1. The number of methoxy groups -OCH3 is 1. The number of hydrogen-bond acceptors (Lipinski definition) is 4. The van der Waals surface area contributed by atoms with E-state index >= 15 is 0 Å². The normalized spacial score (nSPS) is 16.8. The minimum absolute atomic E-state index is 0.0535. The Balaban J connectivity index is 1.63. The smallest absolute Gasteiger partial charge is 0.250 e. The summed E-state index contributed by atoms with van der Waals surface area (Å²) in [6.45, 7) is 8.48. The first-order valence-electron chi connectivity index (χ1n) is 13.0. The van der Waals surface area contributed by atoms with E-state index in [1.165, 1.54) is 18.2 Å². The number of anilines is 2. The van der Waals surface area contributed by atoms with Gasteiger partial charge in [-0.1, -0.05) is 29.8 Å². The molecule has 4 aromatic rings. The van der Waals surface area contributed by atoms with Crippen molar-refractivity contribution in [3.05, 3.63) is 106 Å². The maximum Gasteiger partial charge on any atom is 0.250 e. The summed E-state index contributed by atoms with van der Waals surface area (Å²) in [5.74, 6) is -0.275. The van der Waals surface area contributed by atoms with E-state index in [2.05, 4.69) is 77.0 Å². The highest BCUT2D eigenvalue weighted by Gasteiger charge is 2.42. The second-order valence-corrected chi connectivity index (χ2v) is 10.9. The van der Waals surface area contributed by atoms with Crippen molar-refractivity contribution in [3.63, 3.8) is 0 Å². The molecule has 1 amide bonds. The Morgan fingerprint density at radius 1 is 1.10 bits per heavy atom. The SMILES string of the molecule is COCC(=O)Nc1ccc(N2C(=S)NC(c3ccccn3)C2c2cc(C)n(-c3cc(C)ccc3C)c2C)cc1Cl. The van der Waals surface area contributed by atoms with Gasteiger partial charge in [0.25, 0.3) is 0 Å². The van der Waals surface area contributed by atoms with Gasteiger partial charge >= 0.3 is 0 Å². The molecular formula is C31H32ClN5O2S. The summed E-state index contributed by atoms with van der Waals surface area (Å²) in [4.78, 5) is 18.9. The molecule has 1 aliphatic heterocycles. The zero-order chi connectivity index (χ0) is 28.6. The van der Waals surface area contributed by atoms with Gasteiger partial charge in [-0.15, -0.1) is 0 Å². The van der Waals surface area contributed by atoms with Crippen molar-refractivity contribution in [1.82, 2.24) is 14.9 Å². The minimum Gasteiger partial charge on any atom is -0.375 e. The monoisotopic (exact) mass is 573 g/mol. The van der Waals surface area contributed by atoms with Gasteiger partial charge in [-0.3, -0.25) is 9.78 Å². The third kappa shape index (κ3) is 5.22. The first kappa shape index (κ1) is 27.8. The number of pyridine rings is 1. The van der Waals surface area contributed by atoms with Crippen LogP contribution in [0, 0.1) is 27.7 Å². The fourth-order valence-corrected chi connectivity index (χ4v) is 6.01. The number of aromatic nitrogens is 2. The van der Waals surface area contributed by atoms with Crippen molar-refractivity contribution in [3.8, 4) is 5.69 Å². The van der Waals surface area contributed by atoms with E-state index in [0.717, 1.165) is 34.0 Å². The second-order valence-electron chi connectivity index (χ2n) is 10.1. The number of aryl methyl sites for hydroxylation is 3. The molecule has 2 aromatic carbocycles. The molecule has 40 heavy (non-hydrogen) atoms. The summed E-state index contributed by atoms with van der Waals surface area (Å²) in [6.07, 6.45) is 1.80. The Kier molecular flexibility index (Phi) is 7.94. The van der Waals surface area contributed by atoms with Crippen LogP contribution < -0.4 is 15.5 Å². The van der Waals surface area contributed by atoms with Crippen LogP contribution in [0.1, 0.15) is 45.9 Å². The van der Waals surface area contributed by atoms with E-state index in [4.69, 9.17) is 28.6 Å². The van der Waals surface area contributed by atoms with Crippen LogP contribution in [0.3, 0.4) is 0 Å². The van der Waals surface area contributed by atoms with E-state index in [0.29, 0.717) is 15.8 Å². The fourth-order valence-electron chi connectivity index (χ4n) is 5.44. The van der Waals surface area contributed by atoms with Crippen LogP contribution in [0.4, 0.5) is 11.4 Å². The number of nitrogens with zero attached hydrogens (tertiary/aromatic N) is 3. The molecule has 1 fully saturated rings. The van der Waals surface area contributed by atoms with Crippen molar-refractivity contribution in [2.24, 2.45) is 0 Å². The lowest BCUT2D eigenvalue weighted by atomic mass is 9.96. The van der Waals surface area contributed by atoms with Gasteiger partial charge < -0.3 is 24.8 Å². The summed E-state index contributed by atoms with van der Waals surface area (Å²) in [6, 6.07) is 19.8. The van der Waals surface area contributed by atoms with Gasteiger partial charge in [0.05, 0.1) is 28.5 Å². The molecule has 1 saturated heterocycles. The number of amides is 1. The van der Waals surface area contributed by atoms with Gasteiger partial charge in [-0.05, 0) is 99.1 Å². The summed E-state index contributed by atoms with van der Waals surface area (Å²) in [7, 11) is 1.47. The number of nitrogens with one attached hydrogen (secondary N) is 2. The third-order valence-corrected chi connectivity index (χ3v) is 7.90. The Morgan fingerprint density at radius 3 is 2.60 bits per heavy atom. The van der Waals surface area contributed by atoms with Crippen LogP contribution in [0.15, 0.2) is 66.9 Å². The predicted octanol–water partition coefficient (Wildman–Crippen LogP) is 6.52. The van der Waals surface area contributed by atoms with Crippen LogP contribution in [0.5, 0.6) is 0 Å². The van der Waals surface area contributed by atoms with Gasteiger partial charge in [0, 0.05) is 36.1 Å². The molecule has 2 atom stereocenters. The lowest BCUT2D eigenvalue weighted by molar-refractivity contribution is -0.119. The van der Waals surface area contributed by atoms with Gasteiger partial charge in [0.1, 0.15) is 6.61 Å². The number of benzene rings is 2. The number of thiocarbonyl (C=S) groups is 1. The molecule has 0 saturated carbocycles. The Labute approximate surface area is 245 Å². The van der Waals surface area contributed by atoms with Crippen LogP contribution in [0.25, 0.3) is 5.69 Å². The summed E-state index contributed by atoms with van der Waals surface area (Å²) >= 11 is 12.6. The molecule has 9 heteroatoms. The number of hydrogen-bond donors (Lipinski definition) is 2. The van der Waals surface area contributed by atoms with Crippen LogP contribution in [-0.2, 0) is 9.53 Å². The van der Waals surface area contributed by atoms with E-state index in [-0.39, 0.29) is 24.6 Å². The van der Waals surface area contributed by atoms with Crippen LogP contribution >= 0.6 is 23.8 Å². The summed E-state index contributed by atoms with van der Waals surface area (Å²) in [5.41, 5.74) is 9.18. The summed E-state index contributed by atoms with van der Waals surface area (Å²) in [5, 5.41) is 7.29. The Hall–Kier alpha value is -3.72. The minimum atomic E-state index is -0.275. The second kappa shape index (κ2) is 11.4. The molecule has 7 nitrogen and oxygen atoms in total. The van der Waals surface area contributed by atoms with Gasteiger partial charge in [-0.25, -0.2) is 0 Å². The topological polar surface area (TPSA) is 71.4 Å². The average Bonchev–Trinajstić information content (AvgIpc) is 3.42. The zero-order valence-electron chi connectivity index (χ0n) is 23.2. The molecule has 2 N–H and O–H groups in total. The Bertz CT molecular complexity index is 1590. The number of rotatable bonds is 7. The number of ether oxygens (including phenoxy) is 1. The maximum atomic E-state index is 12.1. The van der Waals surface area contributed by atoms with Gasteiger partial charge in [0.2, 0.25) is 5.91 Å². The van der Waals surface area contributed by atoms with E-state index in [1.54, 1.807) is 12.3 Å². The largest absolute Gasteiger partial charge is 0.375 e. The molecule has 0 aliphatic carbocycles. The molecule has 3 heterocycles. The quantitative estimate of drug-likeness (QED) is 0.245. The highest BCUT2D eigenvalue weighted by atomic mass is 35.5. The average molecular weight is 574 g/mol. The molecule has 5 rings (SSSR count). The lowest BCUT2D eigenvalue weighted by Crippen LogP contribution is -2.29. The van der Waals surface area contributed by atoms with Crippen molar-refractivity contribution in [2.45, 2.75) is 39.8 Å². The van der Waals surface area contributed by atoms with Crippen molar-refractivity contribution < 1.29 is 9.53 Å². The van der Waals surface area contributed by atoms with E-state index in [9.17, 15) is 4.79 Å². The molecule has 2 unspecified atom stereocenters. The molecule has 0 spiro atoms. The van der Waals surface area contributed by atoms with Crippen LogP contribution in [0.2, 0.25) is 5.02 Å². The van der Waals surface area contributed by atoms with Crippen molar-refractivity contribution >= 4 is 46.2 Å². The summed E-state index contributed by atoms with van der Waals surface area (Å²) < 4.78 is 7.24. The first-order valence-corrected chi connectivity index (χ1v) is 13.8. The molecule has 2 aromatic heterocycles. The highest BCUT2D eigenvalue weighted by molar-refractivity contribution is 7.80. The molecular weight excluding hydrogens is 542 g/mol. The standard InChI is InChI=1S/C31H32ClN5O2S/c1-18-9-10-19(2)27(14-18)36-20(3)15-23(21(36)4)30-29(26-8-6-7-13-33-26)35-31(40)37(30)22-11-12-25(24(32)16-22)34-28(38)17-39-5/h6-16,29-30H,17H2,1-5H3,(H,34,38)(H,35,40). The number of halogens is 1. The molecule has 1 aliphatic rings. The fraction of sp³-hybridized carbons (Fsp3) is 0.258.